The second-order valence-electron chi connectivity index (χ2n) is 7.86. The highest BCUT2D eigenvalue weighted by molar-refractivity contribution is 6.07. The van der Waals surface area contributed by atoms with Gasteiger partial charge in [-0.2, -0.15) is 0 Å². The Morgan fingerprint density at radius 1 is 1.04 bits per heavy atom. The fraction of sp³-hybridized carbons (Fsp3) is 0.304. The average Bonchev–Trinajstić information content (AvgIpc) is 3.05. The Kier molecular flexibility index (Phi) is 4.32. The van der Waals surface area contributed by atoms with Crippen molar-refractivity contribution in [1.29, 1.82) is 0 Å². The van der Waals surface area contributed by atoms with Crippen molar-refractivity contribution in [3.05, 3.63) is 66.0 Å². The SMILES string of the molecule is O=C(NC1CC2CCC(C1)N2)c1cc(-c2ccc(F)cc2)nc2ccccc12. The maximum Gasteiger partial charge on any atom is 0.252 e. The lowest BCUT2D eigenvalue weighted by Crippen LogP contribution is -2.48. The van der Waals surface area contributed by atoms with Crippen LogP contribution in [0.1, 0.15) is 36.0 Å². The first-order chi connectivity index (χ1) is 13.7. The molecule has 28 heavy (non-hydrogen) atoms. The van der Waals surface area contributed by atoms with E-state index in [0.29, 0.717) is 23.3 Å². The molecule has 2 aliphatic rings. The number of rotatable bonds is 3. The minimum Gasteiger partial charge on any atom is -0.349 e. The molecule has 0 aliphatic carbocycles. The van der Waals surface area contributed by atoms with Gasteiger partial charge >= 0.3 is 0 Å². The summed E-state index contributed by atoms with van der Waals surface area (Å²) in [4.78, 5) is 17.9. The van der Waals surface area contributed by atoms with Crippen molar-refractivity contribution in [2.75, 3.05) is 0 Å². The molecule has 1 aromatic heterocycles. The molecule has 0 saturated carbocycles. The molecule has 2 aromatic carbocycles. The Hall–Kier alpha value is -2.79. The lowest BCUT2D eigenvalue weighted by Gasteiger charge is -2.29. The van der Waals surface area contributed by atoms with Crippen LogP contribution >= 0.6 is 0 Å². The summed E-state index contributed by atoms with van der Waals surface area (Å²) in [6, 6.07) is 16.9. The first-order valence-electron chi connectivity index (χ1n) is 9.88. The number of aromatic nitrogens is 1. The molecule has 2 bridgehead atoms. The fourth-order valence-corrected chi connectivity index (χ4v) is 4.57. The maximum absolute atomic E-state index is 13.3. The largest absolute Gasteiger partial charge is 0.349 e. The van der Waals surface area contributed by atoms with Gasteiger partial charge in [0.05, 0.1) is 16.8 Å². The molecular weight excluding hydrogens is 353 g/mol. The summed E-state index contributed by atoms with van der Waals surface area (Å²) in [6.07, 6.45) is 4.36. The van der Waals surface area contributed by atoms with Gasteiger partial charge in [0.2, 0.25) is 0 Å². The molecule has 0 spiro atoms. The molecule has 2 unspecified atom stereocenters. The van der Waals surface area contributed by atoms with Crippen LogP contribution in [0, 0.1) is 5.82 Å². The second kappa shape index (κ2) is 6.99. The van der Waals surface area contributed by atoms with Crippen LogP contribution in [-0.4, -0.2) is 29.0 Å². The van der Waals surface area contributed by atoms with Gasteiger partial charge in [0, 0.05) is 29.1 Å². The average molecular weight is 375 g/mol. The summed E-state index contributed by atoms with van der Waals surface area (Å²) in [5.41, 5.74) is 2.85. The summed E-state index contributed by atoms with van der Waals surface area (Å²) < 4.78 is 13.3. The Bertz CT molecular complexity index is 1020. The van der Waals surface area contributed by atoms with Gasteiger partial charge in [-0.25, -0.2) is 9.37 Å². The van der Waals surface area contributed by atoms with Crippen molar-refractivity contribution in [2.24, 2.45) is 0 Å². The zero-order valence-electron chi connectivity index (χ0n) is 15.5. The molecule has 2 aliphatic heterocycles. The molecule has 2 N–H and O–H groups in total. The summed E-state index contributed by atoms with van der Waals surface area (Å²) >= 11 is 0. The number of hydrogen-bond donors (Lipinski definition) is 2. The third kappa shape index (κ3) is 3.27. The number of piperidine rings is 1. The zero-order chi connectivity index (χ0) is 19.1. The van der Waals surface area contributed by atoms with Gasteiger partial charge in [0.1, 0.15) is 5.82 Å². The Labute approximate surface area is 163 Å². The van der Waals surface area contributed by atoms with E-state index in [0.717, 1.165) is 29.3 Å². The van der Waals surface area contributed by atoms with Gasteiger partial charge in [0.15, 0.2) is 0 Å². The Balaban J connectivity index is 1.50. The number of nitrogens with one attached hydrogen (secondary N) is 2. The molecular formula is C23H22FN3O. The monoisotopic (exact) mass is 375 g/mol. The molecule has 2 atom stereocenters. The fourth-order valence-electron chi connectivity index (χ4n) is 4.57. The van der Waals surface area contributed by atoms with E-state index < -0.39 is 0 Å². The van der Waals surface area contributed by atoms with Crippen molar-refractivity contribution >= 4 is 16.8 Å². The van der Waals surface area contributed by atoms with Crippen LogP contribution in [0.15, 0.2) is 54.6 Å². The predicted molar refractivity (Wildman–Crippen MR) is 108 cm³/mol. The molecule has 2 saturated heterocycles. The number of carbonyl (C=O) groups excluding carboxylic acids is 1. The van der Waals surface area contributed by atoms with Crippen molar-refractivity contribution in [1.82, 2.24) is 15.6 Å². The van der Waals surface area contributed by atoms with Crippen molar-refractivity contribution < 1.29 is 9.18 Å². The molecule has 0 radical (unpaired) electrons. The highest BCUT2D eigenvalue weighted by Gasteiger charge is 2.34. The highest BCUT2D eigenvalue weighted by atomic mass is 19.1. The number of para-hydroxylation sites is 1. The summed E-state index contributed by atoms with van der Waals surface area (Å²) in [5, 5.41) is 7.69. The number of hydrogen-bond acceptors (Lipinski definition) is 3. The minimum atomic E-state index is -0.289. The first kappa shape index (κ1) is 17.3. The molecule has 5 rings (SSSR count). The van der Waals surface area contributed by atoms with E-state index in [2.05, 4.69) is 15.6 Å². The molecule has 5 heteroatoms. The third-order valence-corrected chi connectivity index (χ3v) is 5.91. The molecule has 4 nitrogen and oxygen atoms in total. The van der Waals surface area contributed by atoms with Crippen molar-refractivity contribution in [2.45, 2.75) is 43.8 Å². The third-order valence-electron chi connectivity index (χ3n) is 5.91. The molecule has 1 amide bonds. The number of amides is 1. The Morgan fingerprint density at radius 3 is 2.50 bits per heavy atom. The molecule has 2 fully saturated rings. The van der Waals surface area contributed by atoms with Gasteiger partial charge in [-0.05, 0) is 62.1 Å². The van der Waals surface area contributed by atoms with Gasteiger partial charge in [0.25, 0.3) is 5.91 Å². The standard InChI is InChI=1S/C23H22FN3O/c24-15-7-5-14(6-8-15)22-13-20(19-3-1-2-4-21(19)27-22)23(28)26-18-11-16-9-10-17(12-18)25-16/h1-8,13,16-18,25H,9-12H2,(H,26,28). The van der Waals surface area contributed by atoms with Gasteiger partial charge < -0.3 is 10.6 Å². The molecule has 3 heterocycles. The van der Waals surface area contributed by atoms with Gasteiger partial charge in [-0.15, -0.1) is 0 Å². The van der Waals surface area contributed by atoms with Crippen LogP contribution in [0.3, 0.4) is 0 Å². The smallest absolute Gasteiger partial charge is 0.252 e. The lowest BCUT2D eigenvalue weighted by atomic mass is 9.98. The van der Waals surface area contributed by atoms with Crippen molar-refractivity contribution in [3.8, 4) is 11.3 Å². The summed E-state index contributed by atoms with van der Waals surface area (Å²) in [5.74, 6) is -0.351. The van der Waals surface area contributed by atoms with Crippen molar-refractivity contribution in [3.63, 3.8) is 0 Å². The van der Waals surface area contributed by atoms with Crippen LogP contribution in [0.25, 0.3) is 22.2 Å². The van der Waals surface area contributed by atoms with Gasteiger partial charge in [-0.1, -0.05) is 18.2 Å². The lowest BCUT2D eigenvalue weighted by molar-refractivity contribution is 0.0925. The van der Waals surface area contributed by atoms with Crippen LogP contribution < -0.4 is 10.6 Å². The van der Waals surface area contributed by atoms with Gasteiger partial charge in [-0.3, -0.25) is 4.79 Å². The van der Waals surface area contributed by atoms with E-state index in [1.165, 1.54) is 25.0 Å². The normalized spacial score (nSPS) is 23.7. The molecule has 142 valence electrons. The quantitative estimate of drug-likeness (QED) is 0.726. The van der Waals surface area contributed by atoms with Crippen LogP contribution in [-0.2, 0) is 0 Å². The van der Waals surface area contributed by atoms with E-state index in [4.69, 9.17) is 0 Å². The number of carbonyl (C=O) groups is 1. The predicted octanol–water partition coefficient (Wildman–Crippen LogP) is 4.05. The number of pyridine rings is 1. The number of fused-ring (bicyclic) bond motifs is 3. The number of nitrogens with zero attached hydrogens (tertiary/aromatic N) is 1. The highest BCUT2D eigenvalue weighted by Crippen LogP contribution is 2.28. The summed E-state index contributed by atoms with van der Waals surface area (Å²) in [7, 11) is 0. The van der Waals surface area contributed by atoms with E-state index >= 15 is 0 Å². The van der Waals surface area contributed by atoms with Crippen LogP contribution in [0.5, 0.6) is 0 Å². The maximum atomic E-state index is 13.3. The first-order valence-corrected chi connectivity index (χ1v) is 9.88. The molecule has 3 aromatic rings. The zero-order valence-corrected chi connectivity index (χ0v) is 15.5. The second-order valence-corrected chi connectivity index (χ2v) is 7.86. The van der Waals surface area contributed by atoms with E-state index in [1.807, 2.05) is 30.3 Å². The van der Waals surface area contributed by atoms with E-state index in [-0.39, 0.29) is 17.8 Å². The van der Waals surface area contributed by atoms with E-state index in [9.17, 15) is 9.18 Å². The summed E-state index contributed by atoms with van der Waals surface area (Å²) in [6.45, 7) is 0. The number of halogens is 1. The topological polar surface area (TPSA) is 54.0 Å². The van der Waals surface area contributed by atoms with E-state index in [1.54, 1.807) is 12.1 Å². The minimum absolute atomic E-state index is 0.0618. The number of benzene rings is 2. The van der Waals surface area contributed by atoms with Crippen LogP contribution in [0.4, 0.5) is 4.39 Å². The Morgan fingerprint density at radius 2 is 1.75 bits per heavy atom. The van der Waals surface area contributed by atoms with Crippen LogP contribution in [0.2, 0.25) is 0 Å².